The average molecular weight is 665 g/mol. The van der Waals surface area contributed by atoms with Crippen LogP contribution >= 0.6 is 15.2 Å². The number of hydrogen-bond acceptors (Lipinski definition) is 11. The van der Waals surface area contributed by atoms with Crippen LogP contribution in [0.3, 0.4) is 0 Å². The largest absolute Gasteiger partial charge is 0.495 e. The second kappa shape index (κ2) is 13.9. The number of methoxy groups -OCH3 is 1. The van der Waals surface area contributed by atoms with Gasteiger partial charge in [0.1, 0.15) is 22.9 Å². The number of rotatable bonds is 13. The molecule has 0 spiro atoms. The molecule has 44 heavy (non-hydrogen) atoms. The van der Waals surface area contributed by atoms with Crippen molar-refractivity contribution in [3.63, 3.8) is 0 Å². The smallest absolute Gasteiger partial charge is 0.421 e. The van der Waals surface area contributed by atoms with Crippen LogP contribution in [0.1, 0.15) is 29.8 Å². The highest BCUT2D eigenvalue weighted by atomic mass is 31.3. The third-order valence-corrected chi connectivity index (χ3v) is 8.09. The first-order chi connectivity index (χ1) is 20.4. The molecule has 19 heteroatoms. The van der Waals surface area contributed by atoms with Gasteiger partial charge in [-0.1, -0.05) is 26.0 Å². The molecule has 1 amide bonds. The fourth-order valence-electron chi connectivity index (χ4n) is 3.44. The van der Waals surface area contributed by atoms with Crippen molar-refractivity contribution in [1.29, 1.82) is 0 Å². The van der Waals surface area contributed by atoms with Crippen molar-refractivity contribution in [2.24, 2.45) is 5.92 Å². The van der Waals surface area contributed by atoms with Crippen LogP contribution in [0.4, 0.5) is 40.7 Å². The van der Waals surface area contributed by atoms with Crippen LogP contribution in [-0.2, 0) is 24.5 Å². The Morgan fingerprint density at radius 3 is 2.36 bits per heavy atom. The van der Waals surface area contributed by atoms with Gasteiger partial charge in [-0.2, -0.15) is 18.2 Å². The van der Waals surface area contributed by atoms with Crippen molar-refractivity contribution in [3.8, 4) is 11.5 Å². The molecular formula is C25H29F4N5O8P2. The Bertz CT molecular complexity index is 1600. The fraction of sp³-hybridized carbons (Fsp3) is 0.320. The number of amides is 1. The molecule has 240 valence electrons. The molecule has 1 aromatic heterocycles. The van der Waals surface area contributed by atoms with Gasteiger partial charge in [0.05, 0.1) is 37.3 Å². The summed E-state index contributed by atoms with van der Waals surface area (Å²) in [6.45, 7) is 5.56. The molecule has 0 saturated carbocycles. The first-order valence-corrected chi connectivity index (χ1v) is 16.6. The topological polar surface area (TPSA) is 170 Å². The molecule has 2 atom stereocenters. The number of benzene rings is 2. The number of carbonyl (C=O) groups is 1. The first-order valence-electron chi connectivity index (χ1n) is 12.5. The Morgan fingerprint density at radius 1 is 1.07 bits per heavy atom. The highest BCUT2D eigenvalue weighted by Gasteiger charge is 2.36. The summed E-state index contributed by atoms with van der Waals surface area (Å²) in [7, 11) is -7.25. The summed E-state index contributed by atoms with van der Waals surface area (Å²) >= 11 is 0. The van der Waals surface area contributed by atoms with E-state index in [1.165, 1.54) is 31.4 Å². The molecule has 0 aliphatic rings. The second-order valence-corrected chi connectivity index (χ2v) is 13.6. The van der Waals surface area contributed by atoms with Crippen molar-refractivity contribution >= 4 is 44.2 Å². The maximum Gasteiger partial charge on any atom is 0.421 e. The lowest BCUT2D eigenvalue weighted by atomic mass is 10.1. The summed E-state index contributed by atoms with van der Waals surface area (Å²) in [5, 5.41) is 4.99. The maximum atomic E-state index is 14.9. The van der Waals surface area contributed by atoms with Gasteiger partial charge in [0.2, 0.25) is 5.95 Å². The molecule has 1 heterocycles. The molecule has 3 aromatic rings. The van der Waals surface area contributed by atoms with Gasteiger partial charge in [0.25, 0.3) is 5.91 Å². The molecule has 0 saturated heterocycles. The van der Waals surface area contributed by atoms with E-state index in [-0.39, 0.29) is 35.4 Å². The molecule has 0 radical (unpaired) electrons. The van der Waals surface area contributed by atoms with E-state index in [1.54, 1.807) is 0 Å². The van der Waals surface area contributed by atoms with Crippen molar-refractivity contribution < 1.29 is 54.8 Å². The SMILES string of the molecule is COc1cc(C(=O)NOCC(C)C)c(F)cc1Nc1ncc(C(F)(F)F)c(Nc2ccccc2OP(C)(=O)OP(C)(=O)O)n1. The number of halogens is 4. The molecule has 2 unspecified atom stereocenters. The minimum Gasteiger partial charge on any atom is -0.495 e. The molecule has 0 fully saturated rings. The number of ether oxygens (including phenoxy) is 1. The van der Waals surface area contributed by atoms with Crippen LogP contribution in [-0.4, -0.2) is 47.8 Å². The van der Waals surface area contributed by atoms with Crippen LogP contribution in [0.15, 0.2) is 42.6 Å². The average Bonchev–Trinajstić information content (AvgIpc) is 2.87. The zero-order chi connectivity index (χ0) is 32.9. The van der Waals surface area contributed by atoms with E-state index in [1.807, 2.05) is 13.8 Å². The summed E-state index contributed by atoms with van der Waals surface area (Å²) in [5.41, 5.74) is 0.0760. The van der Waals surface area contributed by atoms with Crippen molar-refractivity contribution in [2.75, 3.05) is 37.7 Å². The Kier molecular flexibility index (Phi) is 11.0. The quantitative estimate of drug-likeness (QED) is 0.0892. The Morgan fingerprint density at radius 2 is 1.75 bits per heavy atom. The fourth-order valence-corrected chi connectivity index (χ4v) is 6.29. The lowest BCUT2D eigenvalue weighted by molar-refractivity contribution is -0.137. The maximum absolute atomic E-state index is 14.9. The number of aromatic nitrogens is 2. The van der Waals surface area contributed by atoms with Gasteiger partial charge in [0, 0.05) is 18.9 Å². The number of hydroxylamine groups is 1. The third kappa shape index (κ3) is 9.89. The zero-order valence-electron chi connectivity index (χ0n) is 23.9. The second-order valence-electron chi connectivity index (χ2n) is 9.62. The van der Waals surface area contributed by atoms with Gasteiger partial charge in [-0.05, 0) is 24.1 Å². The number of hydrogen-bond donors (Lipinski definition) is 4. The lowest BCUT2D eigenvalue weighted by Crippen LogP contribution is -2.26. The first kappa shape index (κ1) is 34.7. The molecule has 0 aliphatic carbocycles. The number of alkyl halides is 3. The summed E-state index contributed by atoms with van der Waals surface area (Å²) in [6, 6.07) is 7.23. The number of nitrogens with one attached hydrogen (secondary N) is 3. The predicted molar refractivity (Wildman–Crippen MR) is 152 cm³/mol. The third-order valence-electron chi connectivity index (χ3n) is 5.16. The van der Waals surface area contributed by atoms with Crippen LogP contribution in [0.25, 0.3) is 0 Å². The number of carbonyl (C=O) groups excluding carboxylic acids is 1. The lowest BCUT2D eigenvalue weighted by Gasteiger charge is -2.20. The molecular weight excluding hydrogens is 636 g/mol. The van der Waals surface area contributed by atoms with E-state index in [2.05, 4.69) is 30.4 Å². The monoisotopic (exact) mass is 665 g/mol. The van der Waals surface area contributed by atoms with E-state index < -0.39 is 56.0 Å². The summed E-state index contributed by atoms with van der Waals surface area (Å²) < 4.78 is 95.8. The predicted octanol–water partition coefficient (Wildman–Crippen LogP) is 6.48. The Labute approximate surface area is 249 Å². The van der Waals surface area contributed by atoms with Crippen molar-refractivity contribution in [3.05, 3.63) is 59.5 Å². The van der Waals surface area contributed by atoms with Crippen LogP contribution in [0.5, 0.6) is 11.5 Å². The molecule has 0 aliphatic heterocycles. The Balaban J connectivity index is 1.95. The molecule has 3 rings (SSSR count). The van der Waals surface area contributed by atoms with E-state index in [0.29, 0.717) is 6.20 Å². The van der Waals surface area contributed by atoms with E-state index in [9.17, 15) is 36.4 Å². The van der Waals surface area contributed by atoms with E-state index in [0.717, 1.165) is 25.5 Å². The van der Waals surface area contributed by atoms with E-state index >= 15 is 0 Å². The highest BCUT2D eigenvalue weighted by Crippen LogP contribution is 2.58. The van der Waals surface area contributed by atoms with E-state index in [4.69, 9.17) is 14.1 Å². The minimum absolute atomic E-state index is 0.0760. The zero-order valence-corrected chi connectivity index (χ0v) is 25.7. The van der Waals surface area contributed by atoms with Crippen LogP contribution < -0.4 is 25.4 Å². The number of anilines is 4. The van der Waals surface area contributed by atoms with Crippen LogP contribution in [0.2, 0.25) is 0 Å². The molecule has 2 aromatic carbocycles. The van der Waals surface area contributed by atoms with Gasteiger partial charge < -0.3 is 24.8 Å². The van der Waals surface area contributed by atoms with Gasteiger partial charge >= 0.3 is 21.4 Å². The standard InChI is InChI=1S/C25H29F4N5O8P2/c1-14(2)13-40-34-23(35)15-10-21(39-3)19(11-17(15)26)32-24-30-12-16(25(27,28)29)22(33-24)31-18-8-6-7-9-20(18)41-44(5,38)42-43(4,36)37/h6-12,14H,13H2,1-5H3,(H,34,35)(H,36,37)(H2,30,31,32,33). The van der Waals surface area contributed by atoms with Crippen molar-refractivity contribution in [2.45, 2.75) is 20.0 Å². The Hall–Kier alpha value is -3.75. The van der Waals surface area contributed by atoms with Gasteiger partial charge in [-0.15, -0.1) is 0 Å². The van der Waals surface area contributed by atoms with Gasteiger partial charge in [-0.25, -0.2) is 23.7 Å². The normalized spacial score (nSPS) is 14.3. The highest BCUT2D eigenvalue weighted by molar-refractivity contribution is 7.66. The number of nitrogens with zero attached hydrogens (tertiary/aromatic N) is 2. The van der Waals surface area contributed by atoms with Crippen LogP contribution in [0, 0.1) is 11.7 Å². The van der Waals surface area contributed by atoms with Gasteiger partial charge in [-0.3, -0.25) is 14.2 Å². The number of para-hydroxylation sites is 2. The summed E-state index contributed by atoms with van der Waals surface area (Å²) in [6.07, 6.45) is -4.48. The molecule has 0 bridgehead atoms. The molecule has 4 N–H and O–H groups in total. The van der Waals surface area contributed by atoms with Crippen molar-refractivity contribution in [1.82, 2.24) is 15.4 Å². The minimum atomic E-state index is -4.94. The summed E-state index contributed by atoms with van der Waals surface area (Å²) in [4.78, 5) is 34.4. The van der Waals surface area contributed by atoms with Gasteiger partial charge in [0.15, 0.2) is 5.75 Å². The molecule has 13 nitrogen and oxygen atoms in total. The summed E-state index contributed by atoms with van der Waals surface area (Å²) in [5.74, 6) is -3.41.